The highest BCUT2D eigenvalue weighted by molar-refractivity contribution is 7.99. The summed E-state index contributed by atoms with van der Waals surface area (Å²) in [5, 5.41) is 0.770. The lowest BCUT2D eigenvalue weighted by molar-refractivity contribution is 0.749. The second kappa shape index (κ2) is 6.99. The van der Waals surface area contributed by atoms with Gasteiger partial charge in [-0.1, -0.05) is 41.4 Å². The second-order valence-corrected chi connectivity index (χ2v) is 6.24. The van der Waals surface area contributed by atoms with Crippen molar-refractivity contribution >= 4 is 23.4 Å². The molecule has 100 valence electrons. The predicted octanol–water partition coefficient (Wildman–Crippen LogP) is 4.31. The number of nitrogens with two attached hydrogens (primary N) is 1. The highest BCUT2D eigenvalue weighted by atomic mass is 35.5. The Balaban J connectivity index is 1.82. The molecule has 1 atom stereocenters. The average Bonchev–Trinajstić information content (AvgIpc) is 2.41. The van der Waals surface area contributed by atoms with E-state index in [0.29, 0.717) is 0 Å². The van der Waals surface area contributed by atoms with Crippen LogP contribution in [-0.4, -0.2) is 11.8 Å². The van der Waals surface area contributed by atoms with Crippen LogP contribution >= 0.6 is 23.4 Å². The Morgan fingerprint density at radius 1 is 1.05 bits per heavy atom. The monoisotopic (exact) mass is 291 g/mol. The Kier molecular flexibility index (Phi) is 5.32. The third kappa shape index (κ3) is 4.90. The summed E-state index contributed by atoms with van der Waals surface area (Å²) in [6, 6.07) is 16.6. The van der Waals surface area contributed by atoms with Gasteiger partial charge in [-0.2, -0.15) is 0 Å². The molecule has 0 saturated heterocycles. The molecule has 0 fully saturated rings. The van der Waals surface area contributed by atoms with E-state index in [4.69, 9.17) is 17.3 Å². The Morgan fingerprint density at radius 3 is 2.32 bits per heavy atom. The zero-order chi connectivity index (χ0) is 13.7. The van der Waals surface area contributed by atoms with Gasteiger partial charge in [0.05, 0.1) is 0 Å². The lowest BCUT2D eigenvalue weighted by Crippen LogP contribution is -2.25. The van der Waals surface area contributed by atoms with Gasteiger partial charge in [0.15, 0.2) is 0 Å². The Hall–Kier alpha value is -0.960. The zero-order valence-corrected chi connectivity index (χ0v) is 12.5. The Bertz CT molecular complexity index is 507. The van der Waals surface area contributed by atoms with Crippen molar-refractivity contribution in [2.24, 2.45) is 5.73 Å². The van der Waals surface area contributed by atoms with Crippen molar-refractivity contribution in [3.05, 3.63) is 64.7 Å². The van der Waals surface area contributed by atoms with Crippen LogP contribution in [0.15, 0.2) is 53.4 Å². The molecule has 0 amide bonds. The normalized spacial score (nSPS) is 12.4. The molecule has 0 radical (unpaired) electrons. The molecule has 1 nitrogen and oxygen atoms in total. The minimum absolute atomic E-state index is 0.160. The van der Waals surface area contributed by atoms with Gasteiger partial charge in [0.1, 0.15) is 0 Å². The van der Waals surface area contributed by atoms with Gasteiger partial charge in [0.2, 0.25) is 0 Å². The van der Waals surface area contributed by atoms with Crippen molar-refractivity contribution in [2.45, 2.75) is 24.3 Å². The van der Waals surface area contributed by atoms with Crippen molar-refractivity contribution in [3.63, 3.8) is 0 Å². The summed E-state index contributed by atoms with van der Waals surface area (Å²) < 4.78 is 0. The minimum atomic E-state index is 0.160. The van der Waals surface area contributed by atoms with Crippen LogP contribution in [0.2, 0.25) is 5.02 Å². The number of halogens is 1. The molecule has 2 aromatic carbocycles. The van der Waals surface area contributed by atoms with E-state index >= 15 is 0 Å². The number of thioether (sulfide) groups is 1. The fourth-order valence-corrected chi connectivity index (χ4v) is 2.80. The van der Waals surface area contributed by atoms with E-state index in [2.05, 4.69) is 31.2 Å². The Morgan fingerprint density at radius 2 is 1.68 bits per heavy atom. The maximum atomic E-state index is 6.17. The van der Waals surface area contributed by atoms with Gasteiger partial charge < -0.3 is 5.73 Å². The van der Waals surface area contributed by atoms with Crippen LogP contribution in [0.25, 0.3) is 0 Å². The number of hydrogen-bond acceptors (Lipinski definition) is 2. The van der Waals surface area contributed by atoms with Crippen molar-refractivity contribution in [2.75, 3.05) is 5.75 Å². The van der Waals surface area contributed by atoms with Gasteiger partial charge in [-0.25, -0.2) is 0 Å². The van der Waals surface area contributed by atoms with Gasteiger partial charge in [0.25, 0.3) is 0 Å². The largest absolute Gasteiger partial charge is 0.327 e. The molecule has 0 aliphatic heterocycles. The van der Waals surface area contributed by atoms with Gasteiger partial charge in [-0.3, -0.25) is 0 Å². The molecule has 0 bridgehead atoms. The van der Waals surface area contributed by atoms with Crippen molar-refractivity contribution < 1.29 is 0 Å². The summed E-state index contributed by atoms with van der Waals surface area (Å²) in [4.78, 5) is 1.28. The van der Waals surface area contributed by atoms with Gasteiger partial charge in [-0.05, 0) is 43.2 Å². The van der Waals surface area contributed by atoms with Crippen molar-refractivity contribution in [3.8, 4) is 0 Å². The van der Waals surface area contributed by atoms with Crippen LogP contribution in [0.1, 0.15) is 11.1 Å². The fraction of sp³-hybridized carbons (Fsp3) is 0.250. The quantitative estimate of drug-likeness (QED) is 0.831. The molecule has 0 aliphatic carbocycles. The Labute approximate surface area is 124 Å². The smallest absolute Gasteiger partial charge is 0.0406 e. The third-order valence-corrected chi connectivity index (χ3v) is 4.35. The predicted molar refractivity (Wildman–Crippen MR) is 85.0 cm³/mol. The third-order valence-electron chi connectivity index (χ3n) is 2.90. The minimum Gasteiger partial charge on any atom is -0.327 e. The molecule has 0 heterocycles. The van der Waals surface area contributed by atoms with Crippen LogP contribution in [0.3, 0.4) is 0 Å². The molecule has 0 spiro atoms. The number of hydrogen-bond donors (Lipinski definition) is 1. The molecule has 19 heavy (non-hydrogen) atoms. The number of aryl methyl sites for hydroxylation is 1. The van der Waals surface area contributed by atoms with E-state index < -0.39 is 0 Å². The molecule has 0 aromatic heterocycles. The van der Waals surface area contributed by atoms with E-state index in [1.165, 1.54) is 16.0 Å². The first-order chi connectivity index (χ1) is 9.13. The fourth-order valence-electron chi connectivity index (χ4n) is 1.82. The van der Waals surface area contributed by atoms with Crippen LogP contribution in [0, 0.1) is 6.92 Å². The summed E-state index contributed by atoms with van der Waals surface area (Å²) in [7, 11) is 0. The first-order valence-electron chi connectivity index (χ1n) is 6.33. The van der Waals surface area contributed by atoms with Crippen molar-refractivity contribution in [1.29, 1.82) is 0 Å². The summed E-state index contributed by atoms with van der Waals surface area (Å²) in [5.41, 5.74) is 8.69. The molecule has 1 unspecified atom stereocenters. The lowest BCUT2D eigenvalue weighted by atomic mass is 10.1. The number of benzene rings is 2. The molecular weight excluding hydrogens is 274 g/mol. The summed E-state index contributed by atoms with van der Waals surface area (Å²) in [6.07, 6.45) is 0.885. The molecule has 2 rings (SSSR count). The maximum Gasteiger partial charge on any atom is 0.0406 e. The molecule has 3 heteroatoms. The molecule has 0 saturated carbocycles. The topological polar surface area (TPSA) is 26.0 Å². The highest BCUT2D eigenvalue weighted by Crippen LogP contribution is 2.20. The van der Waals surface area contributed by atoms with E-state index in [1.54, 1.807) is 0 Å². The first kappa shape index (κ1) is 14.4. The van der Waals surface area contributed by atoms with E-state index in [0.717, 1.165) is 17.2 Å². The van der Waals surface area contributed by atoms with Crippen LogP contribution in [0.4, 0.5) is 0 Å². The molecule has 2 aromatic rings. The second-order valence-electron chi connectivity index (χ2n) is 4.71. The van der Waals surface area contributed by atoms with Crippen molar-refractivity contribution in [1.82, 2.24) is 0 Å². The lowest BCUT2D eigenvalue weighted by Gasteiger charge is -2.11. The van der Waals surface area contributed by atoms with Crippen LogP contribution in [0.5, 0.6) is 0 Å². The zero-order valence-electron chi connectivity index (χ0n) is 11.0. The summed E-state index contributed by atoms with van der Waals surface area (Å²) in [6.45, 7) is 2.10. The van der Waals surface area contributed by atoms with E-state index in [1.807, 2.05) is 36.0 Å². The molecule has 0 aliphatic rings. The van der Waals surface area contributed by atoms with E-state index in [-0.39, 0.29) is 6.04 Å². The standard InChI is InChI=1S/C16H18ClNS/c1-12-2-8-16(9-3-12)19-11-15(18)10-13-4-6-14(17)7-5-13/h2-9,15H,10-11,18H2,1H3. The van der Waals surface area contributed by atoms with Crippen LogP contribution in [-0.2, 0) is 6.42 Å². The maximum absolute atomic E-state index is 6.17. The summed E-state index contributed by atoms with van der Waals surface area (Å²) >= 11 is 7.68. The number of rotatable bonds is 5. The van der Waals surface area contributed by atoms with E-state index in [9.17, 15) is 0 Å². The van der Waals surface area contributed by atoms with Gasteiger partial charge in [0, 0.05) is 21.7 Å². The van der Waals surface area contributed by atoms with Crippen LogP contribution < -0.4 is 5.73 Å². The van der Waals surface area contributed by atoms with Gasteiger partial charge >= 0.3 is 0 Å². The SMILES string of the molecule is Cc1ccc(SCC(N)Cc2ccc(Cl)cc2)cc1. The summed E-state index contributed by atoms with van der Waals surface area (Å²) in [5.74, 6) is 0.922. The first-order valence-corrected chi connectivity index (χ1v) is 7.69. The molecule has 2 N–H and O–H groups in total. The average molecular weight is 292 g/mol. The highest BCUT2D eigenvalue weighted by Gasteiger charge is 2.05. The van der Waals surface area contributed by atoms with Gasteiger partial charge in [-0.15, -0.1) is 11.8 Å². The molecular formula is C16H18ClNS.